The van der Waals surface area contributed by atoms with Gasteiger partial charge in [0.15, 0.2) is 0 Å². The summed E-state index contributed by atoms with van der Waals surface area (Å²) in [6.45, 7) is 0.199. The zero-order valence-corrected chi connectivity index (χ0v) is 19.3. The Bertz CT molecular complexity index is 1060. The Morgan fingerprint density at radius 3 is 2.15 bits per heavy atom. The lowest BCUT2D eigenvalue weighted by molar-refractivity contribution is -0.151. The summed E-state index contributed by atoms with van der Waals surface area (Å²) in [5.74, 6) is -1.32. The fourth-order valence-corrected chi connectivity index (χ4v) is 5.43. The molecule has 1 atom stereocenters. The molecule has 2 N–H and O–H groups in total. The number of carboxylic acids is 1. The van der Waals surface area contributed by atoms with E-state index < -0.39 is 24.0 Å². The average Bonchev–Trinajstić information content (AvgIpc) is 3.08. The van der Waals surface area contributed by atoms with Crippen molar-refractivity contribution in [2.24, 2.45) is 11.8 Å². The van der Waals surface area contributed by atoms with Crippen molar-refractivity contribution in [2.75, 3.05) is 13.7 Å². The molecule has 2 aromatic rings. The Hall–Kier alpha value is -3.35. The minimum Gasteiger partial charge on any atom is -0.481 e. The molecule has 2 amide bonds. The third kappa shape index (κ3) is 4.04. The van der Waals surface area contributed by atoms with Crippen LogP contribution in [0.4, 0.5) is 4.79 Å². The maximum Gasteiger partial charge on any atom is 0.407 e. The highest BCUT2D eigenvalue weighted by molar-refractivity contribution is 5.86. The van der Waals surface area contributed by atoms with Crippen molar-refractivity contribution in [1.82, 2.24) is 10.2 Å². The molecule has 0 aromatic heterocycles. The summed E-state index contributed by atoms with van der Waals surface area (Å²) in [6.07, 6.45) is 3.14. The van der Waals surface area contributed by atoms with Crippen LogP contribution in [0.1, 0.15) is 49.1 Å². The van der Waals surface area contributed by atoms with Gasteiger partial charge >= 0.3 is 12.1 Å². The number of carbonyl (C=O) groups is 3. The minimum absolute atomic E-state index is 0.0402. The van der Waals surface area contributed by atoms with Gasteiger partial charge in [0.2, 0.25) is 5.91 Å². The number of carbonyl (C=O) groups excluding carboxylic acids is 2. The van der Waals surface area contributed by atoms with Gasteiger partial charge in [-0.05, 0) is 53.9 Å². The molecule has 0 radical (unpaired) electrons. The quantitative estimate of drug-likeness (QED) is 0.648. The van der Waals surface area contributed by atoms with Gasteiger partial charge in [0.1, 0.15) is 12.6 Å². The molecule has 0 aliphatic heterocycles. The number of hydrogen-bond acceptors (Lipinski definition) is 4. The number of benzene rings is 2. The Morgan fingerprint density at radius 1 is 1.03 bits per heavy atom. The van der Waals surface area contributed by atoms with Crippen LogP contribution in [0.2, 0.25) is 0 Å². The van der Waals surface area contributed by atoms with Gasteiger partial charge < -0.3 is 20.1 Å². The normalized spacial score (nSPS) is 21.9. The number of alkyl carbamates (subject to hydrolysis) is 1. The highest BCUT2D eigenvalue weighted by Crippen LogP contribution is 2.44. The second kappa shape index (κ2) is 9.12. The van der Waals surface area contributed by atoms with Crippen molar-refractivity contribution >= 4 is 18.0 Å². The molecule has 178 valence electrons. The van der Waals surface area contributed by atoms with Crippen LogP contribution in [-0.2, 0) is 14.3 Å². The van der Waals surface area contributed by atoms with Gasteiger partial charge in [0.25, 0.3) is 0 Å². The van der Waals surface area contributed by atoms with Crippen LogP contribution in [-0.4, -0.2) is 53.7 Å². The van der Waals surface area contributed by atoms with Crippen LogP contribution >= 0.6 is 0 Å². The molecule has 1 unspecified atom stereocenters. The van der Waals surface area contributed by atoms with Crippen LogP contribution in [0, 0.1) is 11.8 Å². The van der Waals surface area contributed by atoms with Gasteiger partial charge in [-0.3, -0.25) is 9.59 Å². The van der Waals surface area contributed by atoms with E-state index in [1.165, 1.54) is 0 Å². The molecule has 34 heavy (non-hydrogen) atoms. The summed E-state index contributed by atoms with van der Waals surface area (Å²) in [5.41, 5.74) is 4.61. The van der Waals surface area contributed by atoms with Gasteiger partial charge in [-0.2, -0.15) is 0 Å². The average molecular weight is 463 g/mol. The molecule has 0 spiro atoms. The number of ether oxygens (including phenoxy) is 1. The fraction of sp³-hybridized carbons (Fsp3) is 0.444. The highest BCUT2D eigenvalue weighted by Gasteiger charge is 2.42. The van der Waals surface area contributed by atoms with E-state index in [-0.39, 0.29) is 30.4 Å². The van der Waals surface area contributed by atoms with E-state index in [4.69, 9.17) is 9.84 Å². The maximum absolute atomic E-state index is 13.2. The van der Waals surface area contributed by atoms with Crippen molar-refractivity contribution < 1.29 is 24.2 Å². The Morgan fingerprint density at radius 2 is 1.62 bits per heavy atom. The molecule has 7 heteroatoms. The van der Waals surface area contributed by atoms with Crippen molar-refractivity contribution in [3.63, 3.8) is 0 Å². The van der Waals surface area contributed by atoms with Gasteiger partial charge in [-0.25, -0.2) is 4.79 Å². The molecule has 2 saturated carbocycles. The number of amides is 2. The molecule has 2 fully saturated rings. The monoisotopic (exact) mass is 462 g/mol. The van der Waals surface area contributed by atoms with E-state index in [1.54, 1.807) is 11.9 Å². The lowest BCUT2D eigenvalue weighted by atomic mass is 9.77. The number of hydrogen-bond donors (Lipinski definition) is 2. The second-order valence-electron chi connectivity index (χ2n) is 9.75. The zero-order chi connectivity index (χ0) is 23.8. The van der Waals surface area contributed by atoms with Gasteiger partial charge in [-0.15, -0.1) is 0 Å². The smallest absolute Gasteiger partial charge is 0.407 e. The van der Waals surface area contributed by atoms with E-state index in [2.05, 4.69) is 29.6 Å². The second-order valence-corrected chi connectivity index (χ2v) is 9.75. The Balaban J connectivity index is 1.23. The molecular formula is C27H30N2O5. The number of rotatable bonds is 7. The minimum atomic E-state index is -0.815. The number of nitrogens with zero attached hydrogens (tertiary/aromatic N) is 1. The predicted molar refractivity (Wildman–Crippen MR) is 126 cm³/mol. The van der Waals surface area contributed by atoms with Crippen molar-refractivity contribution in [1.29, 1.82) is 0 Å². The molecule has 3 aliphatic carbocycles. The molecule has 2 aromatic carbocycles. The predicted octanol–water partition coefficient (Wildman–Crippen LogP) is 4.02. The van der Waals surface area contributed by atoms with Crippen molar-refractivity contribution in [3.05, 3.63) is 59.7 Å². The first kappa shape index (κ1) is 22.4. The Labute approximate surface area is 199 Å². The number of aliphatic carboxylic acids is 1. The molecule has 3 aliphatic rings. The third-order valence-electron chi connectivity index (χ3n) is 7.86. The summed E-state index contributed by atoms with van der Waals surface area (Å²) in [7, 11) is 1.70. The van der Waals surface area contributed by atoms with E-state index in [0.29, 0.717) is 12.8 Å². The van der Waals surface area contributed by atoms with Crippen LogP contribution in [0.25, 0.3) is 11.1 Å². The lowest BCUT2D eigenvalue weighted by Gasteiger charge is -2.42. The number of nitrogens with one attached hydrogen (secondary N) is 1. The molecule has 0 saturated heterocycles. The summed E-state index contributed by atoms with van der Waals surface area (Å²) < 4.78 is 5.67. The topological polar surface area (TPSA) is 95.9 Å². The largest absolute Gasteiger partial charge is 0.481 e. The fourth-order valence-electron chi connectivity index (χ4n) is 5.43. The first-order chi connectivity index (χ1) is 16.4. The van der Waals surface area contributed by atoms with E-state index in [1.807, 2.05) is 24.3 Å². The zero-order valence-electron chi connectivity index (χ0n) is 19.3. The van der Waals surface area contributed by atoms with Crippen molar-refractivity contribution in [2.45, 2.75) is 50.1 Å². The molecule has 7 nitrogen and oxygen atoms in total. The van der Waals surface area contributed by atoms with Gasteiger partial charge in [-0.1, -0.05) is 55.0 Å². The SMILES string of the molecule is CN(C(=O)C(NC(=O)OCC1c2ccccc2-c2ccccc21)C1CCC1)C1CC(C(=O)O)C1. The van der Waals surface area contributed by atoms with Crippen LogP contribution in [0.5, 0.6) is 0 Å². The van der Waals surface area contributed by atoms with Crippen LogP contribution in [0.15, 0.2) is 48.5 Å². The maximum atomic E-state index is 13.2. The van der Waals surface area contributed by atoms with E-state index >= 15 is 0 Å². The van der Waals surface area contributed by atoms with Crippen LogP contribution in [0.3, 0.4) is 0 Å². The number of likely N-dealkylation sites (N-methyl/N-ethyl adjacent to an activating group) is 1. The standard InChI is InChI=1S/C27H30N2O5/c1-29(18-13-17(14-18)26(31)32)25(30)24(16-7-6-8-16)28-27(33)34-15-23-21-11-4-2-9-19(21)20-10-3-5-12-22(20)23/h2-5,9-12,16-18,23-24H,6-8,13-15H2,1H3,(H,28,33)(H,31,32). The van der Waals surface area contributed by atoms with Crippen LogP contribution < -0.4 is 5.32 Å². The summed E-state index contributed by atoms with van der Waals surface area (Å²) >= 11 is 0. The summed E-state index contributed by atoms with van der Waals surface area (Å²) in [4.78, 5) is 38.8. The summed E-state index contributed by atoms with van der Waals surface area (Å²) in [6, 6.07) is 15.6. The summed E-state index contributed by atoms with van der Waals surface area (Å²) in [5, 5.41) is 12.0. The number of carboxylic acid groups (broad SMARTS) is 1. The third-order valence-corrected chi connectivity index (χ3v) is 7.86. The van der Waals surface area contributed by atoms with E-state index in [9.17, 15) is 14.4 Å². The van der Waals surface area contributed by atoms with Gasteiger partial charge in [0.05, 0.1) is 5.92 Å². The lowest BCUT2D eigenvalue weighted by Crippen LogP contribution is -2.57. The molecular weight excluding hydrogens is 432 g/mol. The number of fused-ring (bicyclic) bond motifs is 3. The highest BCUT2D eigenvalue weighted by atomic mass is 16.5. The molecule has 0 bridgehead atoms. The van der Waals surface area contributed by atoms with E-state index in [0.717, 1.165) is 41.5 Å². The first-order valence-electron chi connectivity index (χ1n) is 12.0. The first-order valence-corrected chi connectivity index (χ1v) is 12.0. The van der Waals surface area contributed by atoms with Crippen molar-refractivity contribution in [3.8, 4) is 11.1 Å². The molecule has 0 heterocycles. The Kier molecular flexibility index (Phi) is 6.02. The van der Waals surface area contributed by atoms with Gasteiger partial charge in [0, 0.05) is 19.0 Å². The molecule has 5 rings (SSSR count).